The molecular weight excluding hydrogens is 388 g/mol. The molecule has 0 saturated heterocycles. The Morgan fingerprint density at radius 1 is 1.14 bits per heavy atom. The molecule has 3 aromatic rings. The van der Waals surface area contributed by atoms with Gasteiger partial charge < -0.3 is 4.42 Å². The monoisotopic (exact) mass is 402 g/mol. The summed E-state index contributed by atoms with van der Waals surface area (Å²) in [5.74, 6) is -1.67. The maximum absolute atomic E-state index is 12.5. The van der Waals surface area contributed by atoms with Crippen LogP contribution in [-0.4, -0.2) is 47.8 Å². The zero-order valence-electron chi connectivity index (χ0n) is 14.6. The smallest absolute Gasteiger partial charge is 0.408 e. The first-order valence-electron chi connectivity index (χ1n) is 8.20. The molecule has 28 heavy (non-hydrogen) atoms. The number of oxazole rings is 1. The normalized spacial score (nSPS) is 14.1. The van der Waals surface area contributed by atoms with Crippen molar-refractivity contribution in [1.82, 2.24) is 19.2 Å². The summed E-state index contributed by atoms with van der Waals surface area (Å²) in [7, 11) is -2.46. The zero-order valence-corrected chi connectivity index (χ0v) is 15.4. The minimum Gasteiger partial charge on any atom is -0.408 e. The van der Waals surface area contributed by atoms with E-state index in [-0.39, 0.29) is 34.8 Å². The average molecular weight is 402 g/mol. The van der Waals surface area contributed by atoms with Crippen LogP contribution in [0.5, 0.6) is 0 Å². The van der Waals surface area contributed by atoms with Crippen LogP contribution in [0.2, 0.25) is 0 Å². The van der Waals surface area contributed by atoms with E-state index in [1.807, 2.05) is 0 Å². The molecule has 0 radical (unpaired) electrons. The molecule has 2 amide bonds. The van der Waals surface area contributed by atoms with E-state index in [0.29, 0.717) is 5.52 Å². The maximum Gasteiger partial charge on any atom is 0.419 e. The number of sulfonamides is 1. The molecule has 1 aliphatic rings. The maximum atomic E-state index is 12.5. The average Bonchev–Trinajstić information content (AvgIpc) is 3.10. The molecule has 10 nitrogen and oxygen atoms in total. The minimum absolute atomic E-state index is 0.0571. The number of rotatable bonds is 5. The van der Waals surface area contributed by atoms with Crippen molar-refractivity contribution < 1.29 is 22.4 Å². The Morgan fingerprint density at radius 2 is 1.93 bits per heavy atom. The molecule has 0 spiro atoms. The summed E-state index contributed by atoms with van der Waals surface area (Å²) in [4.78, 5) is 40.8. The van der Waals surface area contributed by atoms with E-state index in [1.54, 1.807) is 6.07 Å². The van der Waals surface area contributed by atoms with Crippen molar-refractivity contribution in [2.24, 2.45) is 7.05 Å². The van der Waals surface area contributed by atoms with Gasteiger partial charge in [-0.05, 0) is 30.3 Å². The van der Waals surface area contributed by atoms with Crippen LogP contribution in [0.3, 0.4) is 0 Å². The number of carbonyl (C=O) groups is 2. The van der Waals surface area contributed by atoms with Crippen molar-refractivity contribution in [2.45, 2.75) is 4.90 Å². The Hall–Kier alpha value is -3.31. The summed E-state index contributed by atoms with van der Waals surface area (Å²) in [5, 5.41) is 0. The number of imide groups is 1. The van der Waals surface area contributed by atoms with Crippen molar-refractivity contribution in [3.05, 3.63) is 58.3 Å². The summed E-state index contributed by atoms with van der Waals surface area (Å²) < 4.78 is 33.6. The van der Waals surface area contributed by atoms with Gasteiger partial charge in [0.25, 0.3) is 11.8 Å². The van der Waals surface area contributed by atoms with Crippen molar-refractivity contribution >= 4 is 32.9 Å². The molecule has 11 heteroatoms. The lowest BCUT2D eigenvalue weighted by Gasteiger charge is -2.14. The predicted molar refractivity (Wildman–Crippen MR) is 96.2 cm³/mol. The number of benzene rings is 1. The van der Waals surface area contributed by atoms with Gasteiger partial charge in [-0.2, -0.15) is 0 Å². The van der Waals surface area contributed by atoms with Crippen molar-refractivity contribution in [1.29, 1.82) is 0 Å². The van der Waals surface area contributed by atoms with Gasteiger partial charge >= 0.3 is 5.76 Å². The van der Waals surface area contributed by atoms with Gasteiger partial charge in [-0.1, -0.05) is 0 Å². The molecule has 0 aliphatic carbocycles. The first kappa shape index (κ1) is 18.1. The largest absolute Gasteiger partial charge is 0.419 e. The molecule has 1 aromatic carbocycles. The number of amides is 2. The van der Waals surface area contributed by atoms with Crippen molar-refractivity contribution in [2.75, 3.05) is 13.1 Å². The Morgan fingerprint density at radius 3 is 2.68 bits per heavy atom. The lowest BCUT2D eigenvalue weighted by atomic mass is 10.2. The third kappa shape index (κ3) is 2.80. The molecule has 0 unspecified atom stereocenters. The molecular formula is C17H14N4O6S. The number of nitrogens with one attached hydrogen (secondary N) is 1. The highest BCUT2D eigenvalue weighted by atomic mass is 32.2. The summed E-state index contributed by atoms with van der Waals surface area (Å²) in [5.41, 5.74) is 0.854. The Labute approximate surface area is 158 Å². The van der Waals surface area contributed by atoms with Crippen molar-refractivity contribution in [3.8, 4) is 0 Å². The Kier molecular flexibility index (Phi) is 4.12. The van der Waals surface area contributed by atoms with Crippen LogP contribution in [0.4, 0.5) is 0 Å². The van der Waals surface area contributed by atoms with Gasteiger partial charge in [-0.3, -0.25) is 24.0 Å². The van der Waals surface area contributed by atoms with Crippen LogP contribution in [0.25, 0.3) is 11.1 Å². The third-order valence-corrected chi connectivity index (χ3v) is 5.89. The van der Waals surface area contributed by atoms with E-state index in [9.17, 15) is 22.8 Å². The highest BCUT2D eigenvalue weighted by Gasteiger charge is 2.36. The molecule has 1 N–H and O–H groups in total. The van der Waals surface area contributed by atoms with E-state index in [4.69, 9.17) is 4.42 Å². The van der Waals surface area contributed by atoms with Gasteiger partial charge in [0.15, 0.2) is 5.58 Å². The molecule has 0 bridgehead atoms. The SMILES string of the molecule is Cn1c(=O)oc2ccc(S(=O)(=O)NCCN3C(=O)c4cccnc4C3=O)cc21. The molecule has 1 aliphatic heterocycles. The predicted octanol–water partition coefficient (Wildman–Crippen LogP) is 0.101. The van der Waals surface area contributed by atoms with E-state index >= 15 is 0 Å². The summed E-state index contributed by atoms with van der Waals surface area (Å²) in [6, 6.07) is 7.06. The topological polar surface area (TPSA) is 132 Å². The van der Waals surface area contributed by atoms with Gasteiger partial charge in [0.2, 0.25) is 10.0 Å². The van der Waals surface area contributed by atoms with Crippen LogP contribution >= 0.6 is 0 Å². The molecule has 4 rings (SSSR count). The number of fused-ring (bicyclic) bond motifs is 2. The van der Waals surface area contributed by atoms with Crippen LogP contribution in [0, 0.1) is 0 Å². The Bertz CT molecular complexity index is 1260. The third-order valence-electron chi connectivity index (χ3n) is 4.43. The highest BCUT2D eigenvalue weighted by Crippen LogP contribution is 2.20. The number of hydrogen-bond acceptors (Lipinski definition) is 7. The van der Waals surface area contributed by atoms with Gasteiger partial charge in [0.1, 0.15) is 5.69 Å². The summed E-state index contributed by atoms with van der Waals surface area (Å²) >= 11 is 0. The van der Waals surface area contributed by atoms with E-state index in [2.05, 4.69) is 9.71 Å². The van der Waals surface area contributed by atoms with Gasteiger partial charge in [-0.25, -0.2) is 17.9 Å². The zero-order chi connectivity index (χ0) is 20.1. The Balaban J connectivity index is 1.49. The summed E-state index contributed by atoms with van der Waals surface area (Å²) in [6.45, 7) is -0.310. The van der Waals surface area contributed by atoms with E-state index in [0.717, 1.165) is 4.90 Å². The number of pyridine rings is 1. The molecule has 0 atom stereocenters. The standard InChI is InChI=1S/C17H14N4O6S/c1-20-12-9-10(4-5-13(12)27-17(20)24)28(25,26)19-7-8-21-15(22)11-3-2-6-18-14(11)16(21)23/h2-6,9,19H,7-8H2,1H3. The first-order chi connectivity index (χ1) is 13.3. The number of nitrogens with zero attached hydrogens (tertiary/aromatic N) is 3. The van der Waals surface area contributed by atoms with Crippen LogP contribution in [-0.2, 0) is 17.1 Å². The van der Waals surface area contributed by atoms with Gasteiger partial charge in [0, 0.05) is 26.3 Å². The first-order valence-corrected chi connectivity index (χ1v) is 9.68. The minimum atomic E-state index is -3.93. The lowest BCUT2D eigenvalue weighted by Crippen LogP contribution is -2.38. The van der Waals surface area contributed by atoms with Crippen molar-refractivity contribution in [3.63, 3.8) is 0 Å². The van der Waals surface area contributed by atoms with Crippen LogP contribution in [0.1, 0.15) is 20.8 Å². The second kappa shape index (κ2) is 6.39. The van der Waals surface area contributed by atoms with E-state index < -0.39 is 27.6 Å². The van der Waals surface area contributed by atoms with Gasteiger partial charge in [0.05, 0.1) is 16.0 Å². The second-order valence-corrected chi connectivity index (χ2v) is 7.88. The number of hydrogen-bond donors (Lipinski definition) is 1. The fourth-order valence-corrected chi connectivity index (χ4v) is 4.01. The molecule has 0 fully saturated rings. The molecule has 3 heterocycles. The quantitative estimate of drug-likeness (QED) is 0.599. The lowest BCUT2D eigenvalue weighted by molar-refractivity contribution is 0.0655. The number of carbonyl (C=O) groups excluding carboxylic acids is 2. The highest BCUT2D eigenvalue weighted by molar-refractivity contribution is 7.89. The fourth-order valence-electron chi connectivity index (χ4n) is 2.97. The number of aromatic nitrogens is 2. The van der Waals surface area contributed by atoms with E-state index in [1.165, 1.54) is 42.1 Å². The van der Waals surface area contributed by atoms with Crippen LogP contribution < -0.4 is 10.5 Å². The van der Waals surface area contributed by atoms with Gasteiger partial charge in [-0.15, -0.1) is 0 Å². The molecule has 144 valence electrons. The number of aryl methyl sites for hydroxylation is 1. The molecule has 2 aromatic heterocycles. The van der Waals surface area contributed by atoms with Crippen LogP contribution in [0.15, 0.2) is 50.6 Å². The second-order valence-electron chi connectivity index (χ2n) is 6.12. The molecule has 0 saturated carbocycles. The fraction of sp³-hybridized carbons (Fsp3) is 0.176. The summed E-state index contributed by atoms with van der Waals surface area (Å²) in [6.07, 6.45) is 1.41.